The van der Waals surface area contributed by atoms with Crippen LogP contribution in [-0.2, 0) is 22.6 Å². The minimum Gasteiger partial charge on any atom is -0.361 e. The van der Waals surface area contributed by atoms with Crippen molar-refractivity contribution in [2.24, 2.45) is 5.92 Å². The molecule has 3 aromatic carbocycles. The number of benzene rings is 3. The molecule has 0 saturated carbocycles. The summed E-state index contributed by atoms with van der Waals surface area (Å²) in [5.41, 5.74) is 5.26. The summed E-state index contributed by atoms with van der Waals surface area (Å²) in [6, 6.07) is 22.9. The Morgan fingerprint density at radius 1 is 1.03 bits per heavy atom. The summed E-state index contributed by atoms with van der Waals surface area (Å²) >= 11 is 0. The lowest BCUT2D eigenvalue weighted by molar-refractivity contribution is -0.128. The molecule has 2 heterocycles. The molecule has 1 atom stereocenters. The number of H-pyrrole nitrogens is 1. The molecule has 3 N–H and O–H groups in total. The van der Waals surface area contributed by atoms with Gasteiger partial charge in [-0.05, 0) is 48.7 Å². The molecule has 37 heavy (non-hydrogen) atoms. The maximum atomic E-state index is 13.1. The molecule has 3 amide bonds. The molecule has 5 rings (SSSR count). The van der Waals surface area contributed by atoms with Gasteiger partial charge in [0.15, 0.2) is 0 Å². The minimum absolute atomic E-state index is 0.0231. The minimum atomic E-state index is -0.460. The normalized spacial score (nSPS) is 15.2. The average molecular weight is 495 g/mol. The zero-order valence-corrected chi connectivity index (χ0v) is 20.8. The number of carbonyl (C=O) groups is 3. The Labute approximate surface area is 215 Å². The van der Waals surface area contributed by atoms with Crippen molar-refractivity contribution in [1.82, 2.24) is 15.2 Å². The van der Waals surface area contributed by atoms with Gasteiger partial charge >= 0.3 is 0 Å². The SMILES string of the molecule is Cc1ccc2[nH]cc(CCN3C[C@H](C(=O)Nc4ccccc4C(=O)NCc4ccccc4)CC3=O)c2c1. The van der Waals surface area contributed by atoms with Gasteiger partial charge in [0.05, 0.1) is 17.2 Å². The van der Waals surface area contributed by atoms with Crippen molar-refractivity contribution in [3.63, 3.8) is 0 Å². The van der Waals surface area contributed by atoms with Gasteiger partial charge in [-0.2, -0.15) is 0 Å². The molecule has 1 fully saturated rings. The molecule has 1 aromatic heterocycles. The molecular weight excluding hydrogens is 464 g/mol. The lowest BCUT2D eigenvalue weighted by Gasteiger charge is -2.17. The second-order valence-corrected chi connectivity index (χ2v) is 9.56. The molecule has 0 unspecified atom stereocenters. The van der Waals surface area contributed by atoms with E-state index in [9.17, 15) is 14.4 Å². The number of fused-ring (bicyclic) bond motifs is 1. The first-order valence-electron chi connectivity index (χ1n) is 12.5. The first kappa shape index (κ1) is 24.3. The van der Waals surface area contributed by atoms with E-state index in [4.69, 9.17) is 0 Å². The Kier molecular flexibility index (Phi) is 7.03. The second-order valence-electron chi connectivity index (χ2n) is 9.56. The van der Waals surface area contributed by atoms with Crippen LogP contribution in [0.4, 0.5) is 5.69 Å². The van der Waals surface area contributed by atoms with Crippen LogP contribution in [0.25, 0.3) is 10.9 Å². The van der Waals surface area contributed by atoms with E-state index in [0.717, 1.165) is 16.6 Å². The number of rotatable bonds is 8. The number of aryl methyl sites for hydroxylation is 1. The Balaban J connectivity index is 1.19. The van der Waals surface area contributed by atoms with Crippen molar-refractivity contribution in [3.05, 3.63) is 101 Å². The average Bonchev–Trinajstić information content (AvgIpc) is 3.49. The van der Waals surface area contributed by atoms with E-state index < -0.39 is 5.92 Å². The Bertz CT molecular complexity index is 1440. The quantitative estimate of drug-likeness (QED) is 0.338. The fourth-order valence-corrected chi connectivity index (χ4v) is 4.82. The molecule has 1 saturated heterocycles. The van der Waals surface area contributed by atoms with Crippen LogP contribution >= 0.6 is 0 Å². The van der Waals surface area contributed by atoms with Crippen molar-refractivity contribution in [3.8, 4) is 0 Å². The van der Waals surface area contributed by atoms with E-state index in [2.05, 4.69) is 40.7 Å². The molecule has 0 spiro atoms. The number of likely N-dealkylation sites (tertiary alicyclic amines) is 1. The fourth-order valence-electron chi connectivity index (χ4n) is 4.82. The van der Waals surface area contributed by atoms with Crippen LogP contribution in [0, 0.1) is 12.8 Å². The van der Waals surface area contributed by atoms with Gasteiger partial charge in [0.2, 0.25) is 11.8 Å². The van der Waals surface area contributed by atoms with E-state index in [1.807, 2.05) is 36.5 Å². The highest BCUT2D eigenvalue weighted by Gasteiger charge is 2.34. The summed E-state index contributed by atoms with van der Waals surface area (Å²) in [5, 5.41) is 6.96. The molecule has 0 bridgehead atoms. The summed E-state index contributed by atoms with van der Waals surface area (Å²) in [7, 11) is 0. The lowest BCUT2D eigenvalue weighted by atomic mass is 10.1. The molecule has 0 radical (unpaired) electrons. The number of amides is 3. The molecule has 1 aliphatic heterocycles. The predicted octanol–water partition coefficient (Wildman–Crippen LogP) is 4.44. The van der Waals surface area contributed by atoms with Gasteiger partial charge in [-0.3, -0.25) is 14.4 Å². The molecular formula is C30H30N4O3. The van der Waals surface area contributed by atoms with Crippen LogP contribution in [0.15, 0.2) is 79.0 Å². The third-order valence-electron chi connectivity index (χ3n) is 6.88. The predicted molar refractivity (Wildman–Crippen MR) is 144 cm³/mol. The zero-order chi connectivity index (χ0) is 25.8. The number of hydrogen-bond acceptors (Lipinski definition) is 3. The van der Waals surface area contributed by atoms with Crippen molar-refractivity contribution >= 4 is 34.3 Å². The van der Waals surface area contributed by atoms with Crippen LogP contribution in [0.1, 0.15) is 33.5 Å². The molecule has 7 heteroatoms. The van der Waals surface area contributed by atoms with E-state index in [0.29, 0.717) is 37.3 Å². The van der Waals surface area contributed by atoms with Crippen LogP contribution < -0.4 is 10.6 Å². The van der Waals surface area contributed by atoms with Gasteiger partial charge in [-0.1, -0.05) is 54.1 Å². The number of aromatic amines is 1. The van der Waals surface area contributed by atoms with E-state index >= 15 is 0 Å². The monoisotopic (exact) mass is 494 g/mol. The highest BCUT2D eigenvalue weighted by atomic mass is 16.2. The van der Waals surface area contributed by atoms with Crippen molar-refractivity contribution in [2.75, 3.05) is 18.4 Å². The van der Waals surface area contributed by atoms with Gasteiger partial charge in [0.1, 0.15) is 0 Å². The highest BCUT2D eigenvalue weighted by molar-refractivity contribution is 6.05. The molecule has 0 aliphatic carbocycles. The van der Waals surface area contributed by atoms with E-state index in [1.54, 1.807) is 29.2 Å². The van der Waals surface area contributed by atoms with Crippen LogP contribution in [0.5, 0.6) is 0 Å². The number of hydrogen-bond donors (Lipinski definition) is 3. The first-order valence-corrected chi connectivity index (χ1v) is 12.5. The number of carbonyl (C=O) groups excluding carboxylic acids is 3. The third-order valence-corrected chi connectivity index (χ3v) is 6.88. The van der Waals surface area contributed by atoms with E-state index in [1.165, 1.54) is 10.9 Å². The molecule has 4 aromatic rings. The number of nitrogens with zero attached hydrogens (tertiary/aromatic N) is 1. The maximum Gasteiger partial charge on any atom is 0.253 e. The summed E-state index contributed by atoms with van der Waals surface area (Å²) in [4.78, 5) is 43.6. The van der Waals surface area contributed by atoms with E-state index in [-0.39, 0.29) is 24.1 Å². The maximum absolute atomic E-state index is 13.1. The van der Waals surface area contributed by atoms with Gasteiger partial charge in [0, 0.05) is 43.2 Å². The molecule has 7 nitrogen and oxygen atoms in total. The Morgan fingerprint density at radius 2 is 1.81 bits per heavy atom. The smallest absolute Gasteiger partial charge is 0.253 e. The lowest BCUT2D eigenvalue weighted by Crippen LogP contribution is -2.30. The first-order chi connectivity index (χ1) is 18.0. The molecule has 188 valence electrons. The van der Waals surface area contributed by atoms with Gasteiger partial charge in [0.25, 0.3) is 5.91 Å². The van der Waals surface area contributed by atoms with Crippen LogP contribution in [-0.4, -0.2) is 40.7 Å². The largest absolute Gasteiger partial charge is 0.361 e. The van der Waals surface area contributed by atoms with Gasteiger partial charge in [-0.15, -0.1) is 0 Å². The Hall–Kier alpha value is -4.39. The summed E-state index contributed by atoms with van der Waals surface area (Å²) < 4.78 is 0. The number of aromatic nitrogens is 1. The van der Waals surface area contributed by atoms with Crippen molar-refractivity contribution in [2.45, 2.75) is 26.3 Å². The van der Waals surface area contributed by atoms with Crippen molar-refractivity contribution < 1.29 is 14.4 Å². The molecule has 1 aliphatic rings. The Morgan fingerprint density at radius 3 is 2.65 bits per heavy atom. The highest BCUT2D eigenvalue weighted by Crippen LogP contribution is 2.24. The fraction of sp³-hybridized carbons (Fsp3) is 0.233. The number of para-hydroxylation sites is 1. The van der Waals surface area contributed by atoms with Gasteiger partial charge < -0.3 is 20.5 Å². The zero-order valence-electron chi connectivity index (χ0n) is 20.8. The standard InChI is InChI=1S/C30H30N4O3/c1-20-11-12-26-25(15-20)22(18-31-26)13-14-34-19-23(16-28(34)35)29(36)33-27-10-6-5-9-24(27)30(37)32-17-21-7-3-2-4-8-21/h2-12,15,18,23,31H,13-14,16-17,19H2,1H3,(H,32,37)(H,33,36)/t23-/m1/s1. The topological polar surface area (TPSA) is 94.3 Å². The van der Waals surface area contributed by atoms with Crippen LogP contribution in [0.2, 0.25) is 0 Å². The second kappa shape index (κ2) is 10.7. The summed E-state index contributed by atoms with van der Waals surface area (Å²) in [6.45, 7) is 3.38. The van der Waals surface area contributed by atoms with Gasteiger partial charge in [-0.25, -0.2) is 0 Å². The number of anilines is 1. The third kappa shape index (κ3) is 5.56. The van der Waals surface area contributed by atoms with Crippen LogP contribution in [0.3, 0.4) is 0 Å². The number of nitrogens with one attached hydrogen (secondary N) is 3. The summed E-state index contributed by atoms with van der Waals surface area (Å²) in [6.07, 6.45) is 2.88. The van der Waals surface area contributed by atoms with Crippen molar-refractivity contribution in [1.29, 1.82) is 0 Å². The summed E-state index contributed by atoms with van der Waals surface area (Å²) in [5.74, 6) is -0.997.